The van der Waals surface area contributed by atoms with Crippen LogP contribution >= 0.6 is 11.6 Å². The van der Waals surface area contributed by atoms with Gasteiger partial charge in [0.25, 0.3) is 0 Å². The average Bonchev–Trinajstić information content (AvgIpc) is 3.10. The highest BCUT2D eigenvalue weighted by Crippen LogP contribution is 2.34. The Kier molecular flexibility index (Phi) is 3.72. The Bertz CT molecular complexity index is 363. The number of halogens is 1. The molecule has 1 aliphatic rings. The van der Waals surface area contributed by atoms with Crippen molar-refractivity contribution in [2.24, 2.45) is 0 Å². The van der Waals surface area contributed by atoms with Gasteiger partial charge in [0.2, 0.25) is 0 Å². The van der Waals surface area contributed by atoms with Gasteiger partial charge in [-0.2, -0.15) is 0 Å². The van der Waals surface area contributed by atoms with E-state index in [-0.39, 0.29) is 6.61 Å². The first-order valence-corrected chi connectivity index (χ1v) is 6.30. The van der Waals surface area contributed by atoms with Crippen molar-refractivity contribution in [1.82, 2.24) is 0 Å². The van der Waals surface area contributed by atoms with Crippen LogP contribution in [0.25, 0.3) is 0 Å². The molecule has 1 N–H and O–H groups in total. The van der Waals surface area contributed by atoms with Gasteiger partial charge < -0.3 is 10.0 Å². The number of hydrogen-bond acceptors (Lipinski definition) is 2. The van der Waals surface area contributed by atoms with Crippen molar-refractivity contribution in [3.63, 3.8) is 0 Å². The van der Waals surface area contributed by atoms with E-state index in [0.717, 1.165) is 24.2 Å². The Labute approximate surface area is 102 Å². The molecule has 0 aliphatic heterocycles. The van der Waals surface area contributed by atoms with Crippen molar-refractivity contribution in [1.29, 1.82) is 0 Å². The number of nitrogens with zero attached hydrogens (tertiary/aromatic N) is 1. The average molecular weight is 240 g/mol. The first-order valence-electron chi connectivity index (χ1n) is 5.92. The number of rotatable bonds is 5. The second-order valence-electron chi connectivity index (χ2n) is 4.36. The zero-order valence-corrected chi connectivity index (χ0v) is 10.4. The number of aliphatic hydroxyl groups excluding tert-OH is 1. The van der Waals surface area contributed by atoms with E-state index in [1.807, 2.05) is 18.2 Å². The molecule has 3 heteroatoms. The topological polar surface area (TPSA) is 23.5 Å². The molecule has 1 aromatic rings. The first kappa shape index (κ1) is 11.7. The fourth-order valence-corrected chi connectivity index (χ4v) is 2.28. The van der Waals surface area contributed by atoms with E-state index in [4.69, 9.17) is 11.6 Å². The van der Waals surface area contributed by atoms with Gasteiger partial charge in [-0.05, 0) is 37.5 Å². The number of hydrogen-bond donors (Lipinski definition) is 1. The van der Waals surface area contributed by atoms with Gasteiger partial charge >= 0.3 is 0 Å². The van der Waals surface area contributed by atoms with Crippen LogP contribution in [0.3, 0.4) is 0 Å². The molecule has 0 atom stereocenters. The highest BCUT2D eigenvalue weighted by molar-refractivity contribution is 6.30. The molecule has 1 aromatic carbocycles. The Balaban J connectivity index is 2.28. The molecule has 0 saturated heterocycles. The van der Waals surface area contributed by atoms with Crippen molar-refractivity contribution in [2.75, 3.05) is 11.4 Å². The molecule has 1 fully saturated rings. The molecule has 1 aliphatic carbocycles. The van der Waals surface area contributed by atoms with Crippen LogP contribution in [0.4, 0.5) is 5.69 Å². The predicted octanol–water partition coefficient (Wildman–Crippen LogP) is 3.21. The lowest BCUT2D eigenvalue weighted by atomic mass is 10.1. The zero-order valence-electron chi connectivity index (χ0n) is 9.62. The fraction of sp³-hybridized carbons (Fsp3) is 0.538. The van der Waals surface area contributed by atoms with Crippen molar-refractivity contribution in [3.8, 4) is 0 Å². The molecule has 0 radical (unpaired) electrons. The Morgan fingerprint density at radius 2 is 2.19 bits per heavy atom. The van der Waals surface area contributed by atoms with E-state index in [9.17, 15) is 5.11 Å². The molecule has 88 valence electrons. The Morgan fingerprint density at radius 3 is 2.75 bits per heavy atom. The second-order valence-corrected chi connectivity index (χ2v) is 4.79. The van der Waals surface area contributed by atoms with E-state index in [1.54, 1.807) is 0 Å². The van der Waals surface area contributed by atoms with Crippen LogP contribution in [0.5, 0.6) is 0 Å². The normalized spacial score (nSPS) is 15.2. The van der Waals surface area contributed by atoms with E-state index in [1.165, 1.54) is 12.8 Å². The maximum Gasteiger partial charge on any atom is 0.0702 e. The molecule has 0 heterocycles. The number of benzene rings is 1. The molecule has 2 nitrogen and oxygen atoms in total. The summed E-state index contributed by atoms with van der Waals surface area (Å²) in [5, 5.41) is 10.1. The summed E-state index contributed by atoms with van der Waals surface area (Å²) < 4.78 is 0. The fourth-order valence-electron chi connectivity index (χ4n) is 2.09. The molecule has 0 unspecified atom stereocenters. The summed E-state index contributed by atoms with van der Waals surface area (Å²) in [6.07, 6.45) is 3.67. The minimum Gasteiger partial charge on any atom is -0.392 e. The van der Waals surface area contributed by atoms with Gasteiger partial charge in [-0.1, -0.05) is 18.5 Å². The third kappa shape index (κ3) is 2.50. The molecule has 16 heavy (non-hydrogen) atoms. The van der Waals surface area contributed by atoms with Crippen molar-refractivity contribution in [2.45, 2.75) is 38.8 Å². The lowest BCUT2D eigenvalue weighted by Gasteiger charge is -2.26. The lowest BCUT2D eigenvalue weighted by Crippen LogP contribution is -2.27. The van der Waals surface area contributed by atoms with E-state index in [0.29, 0.717) is 11.1 Å². The van der Waals surface area contributed by atoms with E-state index >= 15 is 0 Å². The monoisotopic (exact) mass is 239 g/mol. The van der Waals surface area contributed by atoms with Crippen LogP contribution in [-0.4, -0.2) is 17.7 Å². The van der Waals surface area contributed by atoms with Gasteiger partial charge in [-0.15, -0.1) is 0 Å². The maximum atomic E-state index is 9.38. The molecule has 0 bridgehead atoms. The minimum atomic E-state index is 0.0584. The second kappa shape index (κ2) is 5.07. The van der Waals surface area contributed by atoms with Gasteiger partial charge in [0, 0.05) is 28.9 Å². The van der Waals surface area contributed by atoms with Crippen LogP contribution in [0.1, 0.15) is 31.7 Å². The van der Waals surface area contributed by atoms with Crippen LogP contribution in [0.2, 0.25) is 5.02 Å². The van der Waals surface area contributed by atoms with Crippen molar-refractivity contribution < 1.29 is 5.11 Å². The van der Waals surface area contributed by atoms with Gasteiger partial charge in [-0.25, -0.2) is 0 Å². The summed E-state index contributed by atoms with van der Waals surface area (Å²) in [7, 11) is 0. The summed E-state index contributed by atoms with van der Waals surface area (Å²) in [6, 6.07) is 6.47. The van der Waals surface area contributed by atoms with Crippen molar-refractivity contribution >= 4 is 17.3 Å². The van der Waals surface area contributed by atoms with E-state index < -0.39 is 0 Å². The Hall–Kier alpha value is -0.730. The molecule has 0 aromatic heterocycles. The quantitative estimate of drug-likeness (QED) is 0.853. The van der Waals surface area contributed by atoms with Crippen LogP contribution in [0, 0.1) is 0 Å². The molecule has 2 rings (SSSR count). The smallest absolute Gasteiger partial charge is 0.0702 e. The lowest BCUT2D eigenvalue weighted by molar-refractivity contribution is 0.282. The largest absolute Gasteiger partial charge is 0.392 e. The summed E-state index contributed by atoms with van der Waals surface area (Å²) in [4.78, 5) is 2.40. The van der Waals surface area contributed by atoms with Gasteiger partial charge in [0.1, 0.15) is 0 Å². The van der Waals surface area contributed by atoms with E-state index in [2.05, 4.69) is 11.8 Å². The van der Waals surface area contributed by atoms with Crippen LogP contribution < -0.4 is 4.90 Å². The third-order valence-corrected chi connectivity index (χ3v) is 3.21. The summed E-state index contributed by atoms with van der Waals surface area (Å²) in [5.74, 6) is 0. The summed E-state index contributed by atoms with van der Waals surface area (Å²) in [6.45, 7) is 3.30. The van der Waals surface area contributed by atoms with Crippen molar-refractivity contribution in [3.05, 3.63) is 28.8 Å². The maximum absolute atomic E-state index is 9.38. The standard InChI is InChI=1S/C13H18ClNO/c1-2-7-15(12-4-5-12)13-6-3-11(14)8-10(13)9-16/h3,6,8,12,16H,2,4-5,7,9H2,1H3. The zero-order chi connectivity index (χ0) is 11.5. The summed E-state index contributed by atoms with van der Waals surface area (Å²) in [5.41, 5.74) is 2.09. The van der Waals surface area contributed by atoms with Crippen LogP contribution in [-0.2, 0) is 6.61 Å². The molecule has 1 saturated carbocycles. The third-order valence-electron chi connectivity index (χ3n) is 2.97. The first-order chi connectivity index (χ1) is 7.76. The van der Waals surface area contributed by atoms with Crippen LogP contribution in [0.15, 0.2) is 18.2 Å². The number of aliphatic hydroxyl groups is 1. The molecule has 0 spiro atoms. The minimum absolute atomic E-state index is 0.0584. The highest BCUT2D eigenvalue weighted by Gasteiger charge is 2.29. The molecular formula is C13H18ClNO. The highest BCUT2D eigenvalue weighted by atomic mass is 35.5. The molecular weight excluding hydrogens is 222 g/mol. The SMILES string of the molecule is CCCN(c1ccc(Cl)cc1CO)C1CC1. The van der Waals surface area contributed by atoms with Gasteiger partial charge in [0.15, 0.2) is 0 Å². The predicted molar refractivity (Wildman–Crippen MR) is 68.0 cm³/mol. The van der Waals surface area contributed by atoms with Gasteiger partial charge in [-0.3, -0.25) is 0 Å². The summed E-state index contributed by atoms with van der Waals surface area (Å²) >= 11 is 5.94. The molecule has 0 amide bonds. The Morgan fingerprint density at radius 1 is 1.44 bits per heavy atom. The van der Waals surface area contributed by atoms with Gasteiger partial charge in [0.05, 0.1) is 6.61 Å². The number of anilines is 1.